The molecule has 1 aliphatic rings. The minimum Gasteiger partial charge on any atom is -0.348 e. The largest absolute Gasteiger partial charge is 0.348 e. The van der Waals surface area contributed by atoms with Crippen LogP contribution in [0, 0.1) is 0 Å². The van der Waals surface area contributed by atoms with E-state index < -0.39 is 0 Å². The van der Waals surface area contributed by atoms with Gasteiger partial charge in [-0.2, -0.15) is 5.10 Å². The first-order chi connectivity index (χ1) is 8.83. The maximum atomic E-state index is 11.9. The molecule has 0 radical (unpaired) electrons. The molecule has 0 aliphatic heterocycles. The molecule has 0 fully saturated rings. The molecule has 1 aliphatic carbocycles. The number of nitrogens with one attached hydrogen (secondary N) is 1. The topological polar surface area (TPSA) is 59.8 Å². The number of hydrogen-bond donors (Lipinski definition) is 1. The van der Waals surface area contributed by atoms with E-state index in [9.17, 15) is 4.79 Å². The highest BCUT2D eigenvalue weighted by Gasteiger charge is 2.23. The minimum atomic E-state index is -0.0257. The average Bonchev–Trinajstić information content (AvgIpc) is 3.00. The Kier molecular flexibility index (Phi) is 2.80. The summed E-state index contributed by atoms with van der Waals surface area (Å²) in [5.41, 5.74) is 2.58. The van der Waals surface area contributed by atoms with Crippen molar-refractivity contribution in [3.63, 3.8) is 0 Å². The number of rotatable bonds is 3. The van der Waals surface area contributed by atoms with Crippen LogP contribution in [0.15, 0.2) is 36.9 Å². The molecule has 1 aromatic heterocycles. The summed E-state index contributed by atoms with van der Waals surface area (Å²) in [6.07, 6.45) is 4.98. The highest BCUT2D eigenvalue weighted by molar-refractivity contribution is 5.76. The molecule has 1 amide bonds. The highest BCUT2D eigenvalue weighted by atomic mass is 16.2. The summed E-state index contributed by atoms with van der Waals surface area (Å²) in [7, 11) is 0. The van der Waals surface area contributed by atoms with Crippen LogP contribution in [0.4, 0.5) is 0 Å². The summed E-state index contributed by atoms with van der Waals surface area (Å²) in [5.74, 6) is -0.0257. The maximum absolute atomic E-state index is 11.9. The van der Waals surface area contributed by atoms with Crippen LogP contribution >= 0.6 is 0 Å². The number of carbonyl (C=O) groups is 1. The summed E-state index contributed by atoms with van der Waals surface area (Å²) >= 11 is 0. The van der Waals surface area contributed by atoms with E-state index in [1.807, 2.05) is 12.1 Å². The lowest BCUT2D eigenvalue weighted by Crippen LogP contribution is -2.30. The second-order valence-corrected chi connectivity index (χ2v) is 4.45. The van der Waals surface area contributed by atoms with E-state index in [2.05, 4.69) is 27.5 Å². The first kappa shape index (κ1) is 11.0. The van der Waals surface area contributed by atoms with Gasteiger partial charge in [0.25, 0.3) is 0 Å². The van der Waals surface area contributed by atoms with Gasteiger partial charge in [-0.3, -0.25) is 4.79 Å². The van der Waals surface area contributed by atoms with Crippen molar-refractivity contribution in [2.75, 3.05) is 0 Å². The predicted molar refractivity (Wildman–Crippen MR) is 65.7 cm³/mol. The van der Waals surface area contributed by atoms with Crippen LogP contribution in [-0.2, 0) is 17.8 Å². The fourth-order valence-corrected chi connectivity index (χ4v) is 2.41. The monoisotopic (exact) mass is 242 g/mol. The van der Waals surface area contributed by atoms with Crippen molar-refractivity contribution < 1.29 is 4.79 Å². The van der Waals surface area contributed by atoms with Gasteiger partial charge in [0.2, 0.25) is 5.91 Å². The summed E-state index contributed by atoms with van der Waals surface area (Å²) in [6, 6.07) is 8.40. The highest BCUT2D eigenvalue weighted by Crippen LogP contribution is 2.30. The second kappa shape index (κ2) is 4.60. The zero-order valence-electron chi connectivity index (χ0n) is 9.91. The zero-order chi connectivity index (χ0) is 12.4. The molecule has 1 aromatic carbocycles. The van der Waals surface area contributed by atoms with Gasteiger partial charge in [0.05, 0.1) is 6.04 Å². The number of nitrogens with zero attached hydrogens (tertiary/aromatic N) is 3. The standard InChI is InChI=1S/C13H14N4O/c18-13(7-17-9-14-8-15-17)16-12-6-5-10-3-1-2-4-11(10)12/h1-4,8-9,12H,5-7H2,(H,16,18). The van der Waals surface area contributed by atoms with Crippen molar-refractivity contribution in [3.8, 4) is 0 Å². The number of carbonyl (C=O) groups excluding carboxylic acids is 1. The van der Waals surface area contributed by atoms with Crippen molar-refractivity contribution in [2.24, 2.45) is 0 Å². The quantitative estimate of drug-likeness (QED) is 0.876. The molecule has 3 rings (SSSR count). The number of amides is 1. The second-order valence-electron chi connectivity index (χ2n) is 4.45. The van der Waals surface area contributed by atoms with Crippen LogP contribution in [0.1, 0.15) is 23.6 Å². The lowest BCUT2D eigenvalue weighted by molar-refractivity contribution is -0.122. The molecule has 0 saturated carbocycles. The molecule has 1 N–H and O–H groups in total. The molecule has 1 atom stereocenters. The van der Waals surface area contributed by atoms with Gasteiger partial charge in [-0.15, -0.1) is 0 Å². The molecular weight excluding hydrogens is 228 g/mol. The SMILES string of the molecule is O=C(Cn1cncn1)NC1CCc2ccccc21. The Labute approximate surface area is 105 Å². The maximum Gasteiger partial charge on any atom is 0.242 e. The lowest BCUT2D eigenvalue weighted by Gasteiger charge is -2.13. The number of aromatic nitrogens is 3. The van der Waals surface area contributed by atoms with Crippen LogP contribution in [0.5, 0.6) is 0 Å². The Hall–Kier alpha value is -2.17. The summed E-state index contributed by atoms with van der Waals surface area (Å²) in [6.45, 7) is 0.221. The predicted octanol–water partition coefficient (Wildman–Crippen LogP) is 1.08. The van der Waals surface area contributed by atoms with Gasteiger partial charge < -0.3 is 5.32 Å². The third-order valence-electron chi connectivity index (χ3n) is 3.24. The Balaban J connectivity index is 1.66. The van der Waals surface area contributed by atoms with Crippen LogP contribution in [0.2, 0.25) is 0 Å². The van der Waals surface area contributed by atoms with Crippen LogP contribution in [-0.4, -0.2) is 20.7 Å². The molecule has 1 unspecified atom stereocenters. The van der Waals surface area contributed by atoms with Gasteiger partial charge in [-0.1, -0.05) is 24.3 Å². The van der Waals surface area contributed by atoms with Gasteiger partial charge in [-0.05, 0) is 24.0 Å². The van der Waals surface area contributed by atoms with E-state index in [0.717, 1.165) is 12.8 Å². The Morgan fingerprint density at radius 1 is 1.44 bits per heavy atom. The number of benzene rings is 1. The normalized spacial score (nSPS) is 17.4. The average molecular weight is 242 g/mol. The van der Waals surface area contributed by atoms with Crippen molar-refractivity contribution in [2.45, 2.75) is 25.4 Å². The van der Waals surface area contributed by atoms with Gasteiger partial charge in [-0.25, -0.2) is 9.67 Å². The van der Waals surface area contributed by atoms with Crippen molar-refractivity contribution in [3.05, 3.63) is 48.0 Å². The smallest absolute Gasteiger partial charge is 0.242 e. The third kappa shape index (κ3) is 2.11. The molecule has 0 bridgehead atoms. The van der Waals surface area contributed by atoms with Crippen molar-refractivity contribution in [1.82, 2.24) is 20.1 Å². The molecule has 1 heterocycles. The third-order valence-corrected chi connectivity index (χ3v) is 3.24. The molecule has 92 valence electrons. The van der Waals surface area contributed by atoms with E-state index in [1.165, 1.54) is 22.1 Å². The first-order valence-electron chi connectivity index (χ1n) is 6.02. The fourth-order valence-electron chi connectivity index (χ4n) is 2.41. The van der Waals surface area contributed by atoms with Gasteiger partial charge in [0.15, 0.2) is 0 Å². The summed E-state index contributed by atoms with van der Waals surface area (Å²) < 4.78 is 1.52. The molecule has 5 nitrogen and oxygen atoms in total. The minimum absolute atomic E-state index is 0.0257. The zero-order valence-corrected chi connectivity index (χ0v) is 9.91. The van der Waals surface area contributed by atoms with E-state index in [-0.39, 0.29) is 18.5 Å². The van der Waals surface area contributed by atoms with Crippen molar-refractivity contribution in [1.29, 1.82) is 0 Å². The van der Waals surface area contributed by atoms with E-state index in [1.54, 1.807) is 6.33 Å². The molecule has 5 heteroatoms. The Bertz CT molecular complexity index is 550. The molecule has 18 heavy (non-hydrogen) atoms. The van der Waals surface area contributed by atoms with Gasteiger partial charge in [0, 0.05) is 0 Å². The summed E-state index contributed by atoms with van der Waals surface area (Å²) in [4.78, 5) is 15.7. The number of hydrogen-bond acceptors (Lipinski definition) is 3. The molecular formula is C13H14N4O. The first-order valence-corrected chi connectivity index (χ1v) is 6.02. The van der Waals surface area contributed by atoms with Crippen LogP contribution < -0.4 is 5.32 Å². The number of fused-ring (bicyclic) bond motifs is 1. The van der Waals surface area contributed by atoms with E-state index in [0.29, 0.717) is 0 Å². The van der Waals surface area contributed by atoms with E-state index in [4.69, 9.17) is 0 Å². The van der Waals surface area contributed by atoms with Crippen LogP contribution in [0.25, 0.3) is 0 Å². The van der Waals surface area contributed by atoms with Gasteiger partial charge in [0.1, 0.15) is 19.2 Å². The molecule has 0 spiro atoms. The van der Waals surface area contributed by atoms with Gasteiger partial charge >= 0.3 is 0 Å². The number of aryl methyl sites for hydroxylation is 1. The fraction of sp³-hybridized carbons (Fsp3) is 0.308. The molecule has 0 saturated heterocycles. The summed E-state index contributed by atoms with van der Waals surface area (Å²) in [5, 5.41) is 6.97. The van der Waals surface area contributed by atoms with Crippen LogP contribution in [0.3, 0.4) is 0 Å². The molecule has 2 aromatic rings. The lowest BCUT2D eigenvalue weighted by atomic mass is 10.1. The Morgan fingerprint density at radius 3 is 3.17 bits per heavy atom. The Morgan fingerprint density at radius 2 is 2.33 bits per heavy atom. The van der Waals surface area contributed by atoms with E-state index >= 15 is 0 Å². The van der Waals surface area contributed by atoms with Crippen molar-refractivity contribution >= 4 is 5.91 Å².